The summed E-state index contributed by atoms with van der Waals surface area (Å²) in [4.78, 5) is 31.0. The van der Waals surface area contributed by atoms with E-state index in [4.69, 9.17) is 4.74 Å². The van der Waals surface area contributed by atoms with E-state index in [9.17, 15) is 9.59 Å². The van der Waals surface area contributed by atoms with Gasteiger partial charge in [0.25, 0.3) is 11.8 Å². The van der Waals surface area contributed by atoms with Crippen LogP contribution in [0.5, 0.6) is 5.75 Å². The van der Waals surface area contributed by atoms with E-state index in [-0.39, 0.29) is 11.8 Å². The predicted molar refractivity (Wildman–Crippen MR) is 133 cm³/mol. The number of hydrogen-bond acceptors (Lipinski definition) is 4. The highest BCUT2D eigenvalue weighted by Crippen LogP contribution is 2.37. The topological polar surface area (TPSA) is 49.9 Å². The molecule has 2 aliphatic rings. The number of amides is 2. The van der Waals surface area contributed by atoms with Gasteiger partial charge in [-0.2, -0.15) is 0 Å². The third-order valence-electron chi connectivity index (χ3n) is 6.71. The maximum Gasteiger partial charge on any atom is 0.282 e. The molecule has 2 aliphatic heterocycles. The SMILES string of the molecule is CCOc1ccc(N2C(=O)C(c3ccc(C)c(C)c3)=C(N3CCc4ccccc4C3)C2=O)cc1. The van der Waals surface area contributed by atoms with Gasteiger partial charge >= 0.3 is 0 Å². The van der Waals surface area contributed by atoms with Crippen molar-refractivity contribution >= 4 is 23.1 Å². The molecule has 0 unspecified atom stereocenters. The van der Waals surface area contributed by atoms with Gasteiger partial charge in [-0.3, -0.25) is 9.59 Å². The molecule has 0 aromatic heterocycles. The Labute approximate surface area is 200 Å². The molecule has 0 saturated carbocycles. The number of aryl methyl sites for hydroxylation is 2. The molecule has 172 valence electrons. The summed E-state index contributed by atoms with van der Waals surface area (Å²) < 4.78 is 5.53. The van der Waals surface area contributed by atoms with Crippen LogP contribution in [0.4, 0.5) is 5.69 Å². The molecule has 0 bridgehead atoms. The van der Waals surface area contributed by atoms with Gasteiger partial charge in [0.15, 0.2) is 0 Å². The minimum Gasteiger partial charge on any atom is -0.494 e. The first-order chi connectivity index (χ1) is 16.5. The van der Waals surface area contributed by atoms with Crippen molar-refractivity contribution < 1.29 is 14.3 Å². The number of anilines is 1. The molecule has 5 heteroatoms. The number of benzene rings is 3. The normalized spacial score (nSPS) is 15.7. The minimum absolute atomic E-state index is 0.276. The summed E-state index contributed by atoms with van der Waals surface area (Å²) in [6.07, 6.45) is 0.838. The fourth-order valence-electron chi connectivity index (χ4n) is 4.75. The number of carbonyl (C=O) groups is 2. The van der Waals surface area contributed by atoms with E-state index in [1.165, 1.54) is 16.0 Å². The van der Waals surface area contributed by atoms with Crippen LogP contribution in [0.15, 0.2) is 72.4 Å². The Morgan fingerprint density at radius 2 is 1.59 bits per heavy atom. The van der Waals surface area contributed by atoms with Crippen molar-refractivity contribution in [3.63, 3.8) is 0 Å². The first kappa shape index (κ1) is 22.0. The highest BCUT2D eigenvalue weighted by molar-refractivity contribution is 6.45. The maximum atomic E-state index is 13.8. The van der Waals surface area contributed by atoms with Gasteiger partial charge in [0, 0.05) is 13.1 Å². The van der Waals surface area contributed by atoms with Crippen LogP contribution in [0.3, 0.4) is 0 Å². The Bertz CT molecular complexity index is 1310. The Hall–Kier alpha value is -3.86. The monoisotopic (exact) mass is 452 g/mol. The second-order valence-electron chi connectivity index (χ2n) is 8.84. The number of fused-ring (bicyclic) bond motifs is 1. The molecule has 0 radical (unpaired) electrons. The van der Waals surface area contributed by atoms with Gasteiger partial charge in [-0.05, 0) is 79.3 Å². The van der Waals surface area contributed by atoms with Crippen molar-refractivity contribution in [3.8, 4) is 5.75 Å². The first-order valence-electron chi connectivity index (χ1n) is 11.7. The standard InChI is InChI=1S/C29H28N2O3/c1-4-34-25-13-11-24(12-14-25)31-28(32)26(22-10-9-19(2)20(3)17-22)27(29(31)33)30-16-15-21-7-5-6-8-23(21)18-30/h5-14,17H,4,15-16,18H2,1-3H3. The summed E-state index contributed by atoms with van der Waals surface area (Å²) in [6, 6.07) is 21.4. The molecular weight excluding hydrogens is 424 g/mol. The summed E-state index contributed by atoms with van der Waals surface area (Å²) in [7, 11) is 0. The molecule has 3 aromatic rings. The highest BCUT2D eigenvalue weighted by Gasteiger charge is 2.43. The van der Waals surface area contributed by atoms with E-state index in [0.717, 1.165) is 23.1 Å². The molecule has 0 aliphatic carbocycles. The zero-order valence-corrected chi connectivity index (χ0v) is 19.8. The summed E-state index contributed by atoms with van der Waals surface area (Å²) in [5.74, 6) is 0.147. The zero-order valence-electron chi connectivity index (χ0n) is 19.8. The molecule has 0 atom stereocenters. The Morgan fingerprint density at radius 1 is 0.853 bits per heavy atom. The molecule has 5 rings (SSSR count). The lowest BCUT2D eigenvalue weighted by Crippen LogP contribution is -2.37. The molecule has 2 amide bonds. The highest BCUT2D eigenvalue weighted by atomic mass is 16.5. The molecule has 5 nitrogen and oxygen atoms in total. The lowest BCUT2D eigenvalue weighted by atomic mass is 9.96. The van der Waals surface area contributed by atoms with E-state index in [1.54, 1.807) is 24.3 Å². The van der Waals surface area contributed by atoms with Gasteiger partial charge in [-0.15, -0.1) is 0 Å². The molecule has 0 saturated heterocycles. The van der Waals surface area contributed by atoms with Crippen molar-refractivity contribution in [1.29, 1.82) is 0 Å². The van der Waals surface area contributed by atoms with Gasteiger partial charge in [0.05, 0.1) is 17.9 Å². The van der Waals surface area contributed by atoms with Gasteiger partial charge in [-0.1, -0.05) is 42.5 Å². The molecule has 34 heavy (non-hydrogen) atoms. The molecule has 0 N–H and O–H groups in total. The van der Waals surface area contributed by atoms with Crippen LogP contribution in [0.2, 0.25) is 0 Å². The van der Waals surface area contributed by atoms with E-state index in [0.29, 0.717) is 42.4 Å². The van der Waals surface area contributed by atoms with Crippen LogP contribution < -0.4 is 9.64 Å². The average Bonchev–Trinajstić information content (AvgIpc) is 3.11. The maximum absolute atomic E-state index is 13.8. The van der Waals surface area contributed by atoms with Gasteiger partial charge in [0.1, 0.15) is 11.4 Å². The quantitative estimate of drug-likeness (QED) is 0.509. The molecule has 0 fully saturated rings. The fourth-order valence-corrected chi connectivity index (χ4v) is 4.75. The van der Waals surface area contributed by atoms with Crippen molar-refractivity contribution in [3.05, 3.63) is 100 Å². The summed E-state index contributed by atoms with van der Waals surface area (Å²) >= 11 is 0. The lowest BCUT2D eigenvalue weighted by Gasteiger charge is -2.31. The molecule has 0 spiro atoms. The van der Waals surface area contributed by atoms with Crippen LogP contribution in [-0.4, -0.2) is 29.9 Å². The Balaban J connectivity index is 1.59. The average molecular weight is 453 g/mol. The zero-order chi connectivity index (χ0) is 23.8. The smallest absolute Gasteiger partial charge is 0.282 e. The van der Waals surface area contributed by atoms with Crippen molar-refractivity contribution in [2.75, 3.05) is 18.1 Å². The lowest BCUT2D eigenvalue weighted by molar-refractivity contribution is -0.120. The Kier molecular flexibility index (Phi) is 5.70. The second kappa shape index (κ2) is 8.82. The summed E-state index contributed by atoms with van der Waals surface area (Å²) in [6.45, 7) is 7.85. The second-order valence-corrected chi connectivity index (χ2v) is 8.84. The van der Waals surface area contributed by atoms with E-state index < -0.39 is 0 Å². The number of nitrogens with zero attached hydrogens (tertiary/aromatic N) is 2. The number of rotatable bonds is 5. The van der Waals surface area contributed by atoms with Crippen molar-refractivity contribution in [2.45, 2.75) is 33.7 Å². The number of carbonyl (C=O) groups excluding carboxylic acids is 2. The van der Waals surface area contributed by atoms with E-state index in [2.05, 4.69) is 17.0 Å². The molecule has 3 aromatic carbocycles. The Morgan fingerprint density at radius 3 is 2.29 bits per heavy atom. The third-order valence-corrected chi connectivity index (χ3v) is 6.71. The van der Waals surface area contributed by atoms with Gasteiger partial charge in [0.2, 0.25) is 0 Å². The van der Waals surface area contributed by atoms with Gasteiger partial charge < -0.3 is 9.64 Å². The van der Waals surface area contributed by atoms with E-state index in [1.807, 2.05) is 51.1 Å². The van der Waals surface area contributed by atoms with Crippen molar-refractivity contribution in [2.24, 2.45) is 0 Å². The molecule has 2 heterocycles. The van der Waals surface area contributed by atoms with Crippen LogP contribution >= 0.6 is 0 Å². The number of hydrogen-bond donors (Lipinski definition) is 0. The van der Waals surface area contributed by atoms with Crippen LogP contribution in [0.1, 0.15) is 34.7 Å². The number of imide groups is 1. The van der Waals surface area contributed by atoms with Crippen LogP contribution in [-0.2, 0) is 22.6 Å². The third kappa shape index (κ3) is 3.77. The fraction of sp³-hybridized carbons (Fsp3) is 0.241. The number of ether oxygens (including phenoxy) is 1. The van der Waals surface area contributed by atoms with Crippen LogP contribution in [0, 0.1) is 13.8 Å². The summed E-state index contributed by atoms with van der Waals surface area (Å²) in [5, 5.41) is 0. The first-order valence-corrected chi connectivity index (χ1v) is 11.7. The van der Waals surface area contributed by atoms with Crippen molar-refractivity contribution in [1.82, 2.24) is 4.90 Å². The largest absolute Gasteiger partial charge is 0.494 e. The van der Waals surface area contributed by atoms with E-state index >= 15 is 0 Å². The van der Waals surface area contributed by atoms with Gasteiger partial charge in [-0.25, -0.2) is 4.90 Å². The molecular formula is C29H28N2O3. The minimum atomic E-state index is -0.286. The predicted octanol–water partition coefficient (Wildman–Crippen LogP) is 5.04. The summed E-state index contributed by atoms with van der Waals surface area (Å²) in [5.41, 5.74) is 7.02. The van der Waals surface area contributed by atoms with Crippen LogP contribution in [0.25, 0.3) is 5.57 Å².